The van der Waals surface area contributed by atoms with E-state index in [0.29, 0.717) is 11.3 Å². The fourth-order valence-electron chi connectivity index (χ4n) is 3.45. The summed E-state index contributed by atoms with van der Waals surface area (Å²) < 4.78 is 20.5. The zero-order valence-electron chi connectivity index (χ0n) is 16.7. The van der Waals surface area contributed by atoms with Gasteiger partial charge in [-0.25, -0.2) is 4.39 Å². The van der Waals surface area contributed by atoms with Crippen LogP contribution in [0.15, 0.2) is 84.9 Å². The molecule has 30 heavy (non-hydrogen) atoms. The minimum atomic E-state index is -0.346. The molecule has 0 unspecified atom stereocenters. The number of hydrogen-bond acceptors (Lipinski definition) is 2. The highest BCUT2D eigenvalue weighted by atomic mass is 19.1. The number of ether oxygens (including phenoxy) is 1. The van der Waals surface area contributed by atoms with E-state index in [1.165, 1.54) is 12.1 Å². The fourth-order valence-corrected chi connectivity index (χ4v) is 3.45. The van der Waals surface area contributed by atoms with E-state index in [-0.39, 0.29) is 11.7 Å². The van der Waals surface area contributed by atoms with Crippen LogP contribution in [-0.4, -0.2) is 17.6 Å². The lowest BCUT2D eigenvalue weighted by Gasteiger charge is -2.13. The first-order valence-corrected chi connectivity index (χ1v) is 9.56. The molecule has 1 heterocycles. The van der Waals surface area contributed by atoms with Gasteiger partial charge in [-0.3, -0.25) is 4.79 Å². The molecule has 0 aliphatic carbocycles. The van der Waals surface area contributed by atoms with Gasteiger partial charge in [0.2, 0.25) is 0 Å². The van der Waals surface area contributed by atoms with Crippen LogP contribution in [0.3, 0.4) is 0 Å². The number of para-hydroxylation sites is 1. The fraction of sp³-hybridized carbons (Fsp3) is 0.0800. The molecule has 0 radical (unpaired) electrons. The molecule has 0 spiro atoms. The summed E-state index contributed by atoms with van der Waals surface area (Å²) in [5.74, 6) is 0.173. The number of carbonyl (C=O) groups excluding carboxylic acids is 1. The molecule has 4 rings (SSSR count). The van der Waals surface area contributed by atoms with Crippen molar-refractivity contribution >= 4 is 11.6 Å². The molecule has 1 N–H and O–H groups in total. The van der Waals surface area contributed by atoms with E-state index in [1.54, 1.807) is 19.2 Å². The van der Waals surface area contributed by atoms with E-state index < -0.39 is 0 Å². The summed E-state index contributed by atoms with van der Waals surface area (Å²) in [5, 5.41) is 2.85. The molecule has 0 fully saturated rings. The number of aromatic nitrogens is 1. The lowest BCUT2D eigenvalue weighted by molar-refractivity contribution is 0.102. The number of nitrogens with zero attached hydrogens (tertiary/aromatic N) is 1. The van der Waals surface area contributed by atoms with Crippen molar-refractivity contribution in [1.82, 2.24) is 4.57 Å². The van der Waals surface area contributed by atoms with Crippen molar-refractivity contribution in [1.29, 1.82) is 0 Å². The molecule has 4 aromatic rings. The molecular formula is C25H21FN2O2. The number of carbonyl (C=O) groups is 1. The third-order valence-corrected chi connectivity index (χ3v) is 4.99. The van der Waals surface area contributed by atoms with Crippen LogP contribution in [0.5, 0.6) is 5.75 Å². The normalized spacial score (nSPS) is 10.6. The summed E-state index contributed by atoms with van der Waals surface area (Å²) >= 11 is 0. The van der Waals surface area contributed by atoms with E-state index in [9.17, 15) is 9.18 Å². The minimum absolute atomic E-state index is 0.247. The van der Waals surface area contributed by atoms with Gasteiger partial charge in [0.05, 0.1) is 18.4 Å². The average molecular weight is 400 g/mol. The molecule has 5 heteroatoms. The standard InChI is InChI=1S/C25H21FN2O2/c1-17-23(25(29)27-20-12-10-19(26)11-13-20)16-24(18-8-14-22(30-2)15-9-18)28(17)21-6-4-3-5-7-21/h3-16H,1-2H3,(H,27,29). The van der Waals surface area contributed by atoms with Gasteiger partial charge in [-0.05, 0) is 79.2 Å². The largest absolute Gasteiger partial charge is 0.497 e. The molecule has 0 saturated carbocycles. The first kappa shape index (κ1) is 19.5. The second-order valence-electron chi connectivity index (χ2n) is 6.89. The van der Waals surface area contributed by atoms with Gasteiger partial charge in [-0.1, -0.05) is 18.2 Å². The molecule has 0 bridgehead atoms. The van der Waals surface area contributed by atoms with Gasteiger partial charge in [0.15, 0.2) is 0 Å². The number of nitrogens with one attached hydrogen (secondary N) is 1. The quantitative estimate of drug-likeness (QED) is 0.456. The highest BCUT2D eigenvalue weighted by Crippen LogP contribution is 2.31. The molecule has 4 nitrogen and oxygen atoms in total. The van der Waals surface area contributed by atoms with Crippen molar-refractivity contribution in [3.05, 3.63) is 102 Å². The Morgan fingerprint density at radius 1 is 0.933 bits per heavy atom. The molecule has 0 saturated heterocycles. The van der Waals surface area contributed by atoms with E-state index in [0.717, 1.165) is 28.4 Å². The summed E-state index contributed by atoms with van der Waals surface area (Å²) in [7, 11) is 1.63. The SMILES string of the molecule is COc1ccc(-c2cc(C(=O)Nc3ccc(F)cc3)c(C)n2-c2ccccc2)cc1. The number of methoxy groups -OCH3 is 1. The van der Waals surface area contributed by atoms with Crippen molar-refractivity contribution in [2.45, 2.75) is 6.92 Å². The molecule has 1 amide bonds. The first-order valence-electron chi connectivity index (χ1n) is 9.56. The summed E-state index contributed by atoms with van der Waals surface area (Å²) in [5.41, 5.74) is 4.72. The van der Waals surface area contributed by atoms with E-state index >= 15 is 0 Å². The van der Waals surface area contributed by atoms with Gasteiger partial charge in [0.25, 0.3) is 5.91 Å². The summed E-state index contributed by atoms with van der Waals surface area (Å²) in [6, 6.07) is 25.2. The molecule has 0 atom stereocenters. The number of anilines is 1. The summed E-state index contributed by atoms with van der Waals surface area (Å²) in [6.45, 7) is 1.92. The van der Waals surface area contributed by atoms with Gasteiger partial charge in [0, 0.05) is 17.1 Å². The Morgan fingerprint density at radius 2 is 1.60 bits per heavy atom. The zero-order valence-corrected chi connectivity index (χ0v) is 16.7. The van der Waals surface area contributed by atoms with Crippen LogP contribution in [0.4, 0.5) is 10.1 Å². The number of amides is 1. The van der Waals surface area contributed by atoms with Crippen LogP contribution in [0.1, 0.15) is 16.1 Å². The Kier molecular flexibility index (Phi) is 5.35. The van der Waals surface area contributed by atoms with Gasteiger partial charge >= 0.3 is 0 Å². The molecule has 0 aliphatic heterocycles. The Balaban J connectivity index is 1.79. The van der Waals surface area contributed by atoms with E-state index in [1.807, 2.05) is 67.6 Å². The lowest BCUT2D eigenvalue weighted by atomic mass is 10.1. The predicted molar refractivity (Wildman–Crippen MR) is 117 cm³/mol. The molecular weight excluding hydrogens is 379 g/mol. The van der Waals surface area contributed by atoms with E-state index in [2.05, 4.69) is 9.88 Å². The maximum absolute atomic E-state index is 13.2. The Hall–Kier alpha value is -3.86. The second kappa shape index (κ2) is 8.25. The van der Waals surface area contributed by atoms with E-state index in [4.69, 9.17) is 4.74 Å². The molecule has 150 valence electrons. The number of benzene rings is 3. The van der Waals surface area contributed by atoms with Gasteiger partial charge in [0.1, 0.15) is 11.6 Å². The van der Waals surface area contributed by atoms with Crippen molar-refractivity contribution in [3.63, 3.8) is 0 Å². The zero-order chi connectivity index (χ0) is 21.1. The van der Waals surface area contributed by atoms with Crippen LogP contribution in [-0.2, 0) is 0 Å². The third-order valence-electron chi connectivity index (χ3n) is 4.99. The Morgan fingerprint density at radius 3 is 2.23 bits per heavy atom. The van der Waals surface area contributed by atoms with Crippen LogP contribution >= 0.6 is 0 Å². The molecule has 0 aliphatic rings. The molecule has 1 aromatic heterocycles. The topological polar surface area (TPSA) is 43.3 Å². The highest BCUT2D eigenvalue weighted by molar-refractivity contribution is 6.06. The maximum Gasteiger partial charge on any atom is 0.257 e. The number of halogens is 1. The van der Waals surface area contributed by atoms with Crippen LogP contribution < -0.4 is 10.1 Å². The maximum atomic E-state index is 13.2. The highest BCUT2D eigenvalue weighted by Gasteiger charge is 2.20. The summed E-state index contributed by atoms with van der Waals surface area (Å²) in [6.07, 6.45) is 0. The Bertz CT molecular complexity index is 1160. The van der Waals surface area contributed by atoms with Crippen LogP contribution in [0, 0.1) is 12.7 Å². The van der Waals surface area contributed by atoms with Crippen LogP contribution in [0.2, 0.25) is 0 Å². The monoisotopic (exact) mass is 400 g/mol. The minimum Gasteiger partial charge on any atom is -0.497 e. The van der Waals surface area contributed by atoms with Crippen molar-refractivity contribution in [3.8, 4) is 22.7 Å². The average Bonchev–Trinajstić information content (AvgIpc) is 3.13. The van der Waals surface area contributed by atoms with Gasteiger partial charge < -0.3 is 14.6 Å². The molecule has 3 aromatic carbocycles. The van der Waals surface area contributed by atoms with Crippen molar-refractivity contribution in [2.75, 3.05) is 12.4 Å². The number of hydrogen-bond donors (Lipinski definition) is 1. The number of rotatable bonds is 5. The third kappa shape index (κ3) is 3.82. The lowest BCUT2D eigenvalue weighted by Crippen LogP contribution is -2.13. The predicted octanol–water partition coefficient (Wildman–Crippen LogP) is 5.85. The van der Waals surface area contributed by atoms with Crippen LogP contribution in [0.25, 0.3) is 16.9 Å². The van der Waals surface area contributed by atoms with Crippen molar-refractivity contribution < 1.29 is 13.9 Å². The second-order valence-corrected chi connectivity index (χ2v) is 6.89. The van der Waals surface area contributed by atoms with Gasteiger partial charge in [-0.15, -0.1) is 0 Å². The van der Waals surface area contributed by atoms with Crippen molar-refractivity contribution in [2.24, 2.45) is 0 Å². The Labute approximate surface area is 174 Å². The van der Waals surface area contributed by atoms with Gasteiger partial charge in [-0.2, -0.15) is 0 Å². The smallest absolute Gasteiger partial charge is 0.257 e. The first-order chi connectivity index (χ1) is 14.6. The summed E-state index contributed by atoms with van der Waals surface area (Å²) in [4.78, 5) is 13.0.